The van der Waals surface area contributed by atoms with Crippen molar-refractivity contribution >= 4 is 17.4 Å². The minimum Gasteiger partial charge on any atom is -0.476 e. The van der Waals surface area contributed by atoms with Crippen molar-refractivity contribution in [3.05, 3.63) is 77.6 Å². The van der Waals surface area contributed by atoms with Crippen molar-refractivity contribution in [2.75, 3.05) is 36.9 Å². The van der Waals surface area contributed by atoms with E-state index in [0.29, 0.717) is 30.4 Å². The van der Waals surface area contributed by atoms with E-state index in [-0.39, 0.29) is 11.3 Å². The van der Waals surface area contributed by atoms with E-state index in [1.165, 1.54) is 18.4 Å². The summed E-state index contributed by atoms with van der Waals surface area (Å²) in [6.45, 7) is 10.9. The van der Waals surface area contributed by atoms with Crippen LogP contribution in [0.3, 0.4) is 0 Å². The molecule has 0 radical (unpaired) electrons. The highest BCUT2D eigenvalue weighted by molar-refractivity contribution is 6.07. The van der Waals surface area contributed by atoms with E-state index < -0.39 is 0 Å². The SMILES string of the molecule is CC(C)(C)c1ccc(NC(=O)c2cccnc2NCc2ccnc(OCCN3CCCC3)c2)cc1. The van der Waals surface area contributed by atoms with Crippen LogP contribution in [-0.2, 0) is 12.0 Å². The van der Waals surface area contributed by atoms with Gasteiger partial charge in [0.1, 0.15) is 12.4 Å². The van der Waals surface area contributed by atoms with Crippen LogP contribution in [0.5, 0.6) is 5.88 Å². The van der Waals surface area contributed by atoms with Crippen LogP contribution in [0, 0.1) is 0 Å². The number of carbonyl (C=O) groups is 1. The third-order valence-corrected chi connectivity index (χ3v) is 6.18. The smallest absolute Gasteiger partial charge is 0.259 e. The van der Waals surface area contributed by atoms with Gasteiger partial charge in [-0.2, -0.15) is 0 Å². The predicted octanol–water partition coefficient (Wildman–Crippen LogP) is 5.11. The van der Waals surface area contributed by atoms with E-state index in [1.54, 1.807) is 24.5 Å². The minimum absolute atomic E-state index is 0.0642. The lowest BCUT2D eigenvalue weighted by atomic mass is 9.87. The fraction of sp³-hybridized carbons (Fsp3) is 0.393. The molecule has 2 aromatic heterocycles. The molecule has 1 fully saturated rings. The quantitative estimate of drug-likeness (QED) is 0.449. The second-order valence-corrected chi connectivity index (χ2v) is 9.93. The predicted molar refractivity (Wildman–Crippen MR) is 140 cm³/mol. The molecule has 3 heterocycles. The molecule has 184 valence electrons. The molecule has 1 aliphatic heterocycles. The minimum atomic E-state index is -0.204. The molecule has 0 atom stereocenters. The van der Waals surface area contributed by atoms with E-state index in [2.05, 4.69) is 46.3 Å². The number of likely N-dealkylation sites (tertiary alicyclic amines) is 1. The Bertz CT molecular complexity index is 1120. The number of nitrogens with one attached hydrogen (secondary N) is 2. The lowest BCUT2D eigenvalue weighted by Gasteiger charge is -2.19. The van der Waals surface area contributed by atoms with Gasteiger partial charge in [-0.3, -0.25) is 9.69 Å². The van der Waals surface area contributed by atoms with Crippen molar-refractivity contribution in [2.45, 2.75) is 45.6 Å². The van der Waals surface area contributed by atoms with Crippen LogP contribution < -0.4 is 15.4 Å². The van der Waals surface area contributed by atoms with E-state index >= 15 is 0 Å². The highest BCUT2D eigenvalue weighted by Gasteiger charge is 2.16. The van der Waals surface area contributed by atoms with Gasteiger partial charge >= 0.3 is 0 Å². The molecule has 1 saturated heterocycles. The Balaban J connectivity index is 1.34. The molecule has 0 unspecified atom stereocenters. The molecule has 0 bridgehead atoms. The van der Waals surface area contributed by atoms with Gasteiger partial charge in [0.25, 0.3) is 5.91 Å². The molecule has 0 spiro atoms. The second kappa shape index (κ2) is 11.3. The van der Waals surface area contributed by atoms with E-state index in [0.717, 1.165) is 30.9 Å². The Morgan fingerprint density at radius 2 is 1.80 bits per heavy atom. The average molecular weight is 474 g/mol. The molecule has 3 aromatic rings. The lowest BCUT2D eigenvalue weighted by Crippen LogP contribution is -2.25. The zero-order chi connectivity index (χ0) is 24.7. The Labute approximate surface area is 207 Å². The zero-order valence-electron chi connectivity index (χ0n) is 20.9. The van der Waals surface area contributed by atoms with Gasteiger partial charge in [0.05, 0.1) is 5.56 Å². The Kier molecular flexibility index (Phi) is 7.98. The van der Waals surface area contributed by atoms with Crippen LogP contribution in [0.1, 0.15) is 55.1 Å². The largest absolute Gasteiger partial charge is 0.476 e. The summed E-state index contributed by atoms with van der Waals surface area (Å²) in [7, 11) is 0. The van der Waals surface area contributed by atoms with Gasteiger partial charge in [-0.25, -0.2) is 9.97 Å². The van der Waals surface area contributed by atoms with Crippen LogP contribution in [0.2, 0.25) is 0 Å². The molecule has 2 N–H and O–H groups in total. The normalized spacial score (nSPS) is 14.0. The Morgan fingerprint density at radius 3 is 2.54 bits per heavy atom. The van der Waals surface area contributed by atoms with Crippen molar-refractivity contribution in [1.29, 1.82) is 0 Å². The first-order valence-corrected chi connectivity index (χ1v) is 12.3. The summed E-state index contributed by atoms with van der Waals surface area (Å²) in [6, 6.07) is 15.4. The van der Waals surface area contributed by atoms with Crippen LogP contribution >= 0.6 is 0 Å². The third-order valence-electron chi connectivity index (χ3n) is 6.18. The number of carbonyl (C=O) groups excluding carboxylic acids is 1. The number of hydrogen-bond acceptors (Lipinski definition) is 6. The van der Waals surface area contributed by atoms with Gasteiger partial charge in [0.2, 0.25) is 5.88 Å². The summed E-state index contributed by atoms with van der Waals surface area (Å²) >= 11 is 0. The average Bonchev–Trinajstić information content (AvgIpc) is 3.37. The van der Waals surface area contributed by atoms with Gasteiger partial charge in [0.15, 0.2) is 0 Å². The first kappa shape index (κ1) is 24.7. The molecular weight excluding hydrogens is 438 g/mol. The number of anilines is 2. The molecule has 35 heavy (non-hydrogen) atoms. The van der Waals surface area contributed by atoms with E-state index in [4.69, 9.17) is 4.74 Å². The van der Waals surface area contributed by atoms with Crippen LogP contribution in [0.15, 0.2) is 60.9 Å². The molecular formula is C28H35N5O2. The summed E-state index contributed by atoms with van der Waals surface area (Å²) in [5.74, 6) is 0.940. The summed E-state index contributed by atoms with van der Waals surface area (Å²) in [4.78, 5) is 24.1. The number of rotatable bonds is 9. The monoisotopic (exact) mass is 473 g/mol. The van der Waals surface area contributed by atoms with Crippen molar-refractivity contribution in [3.63, 3.8) is 0 Å². The first-order valence-electron chi connectivity index (χ1n) is 12.3. The number of hydrogen-bond donors (Lipinski definition) is 2. The summed E-state index contributed by atoms with van der Waals surface area (Å²) in [5.41, 5.74) is 3.53. The van der Waals surface area contributed by atoms with Gasteiger partial charge in [-0.1, -0.05) is 32.9 Å². The van der Waals surface area contributed by atoms with Crippen molar-refractivity contribution in [1.82, 2.24) is 14.9 Å². The molecule has 1 amide bonds. The van der Waals surface area contributed by atoms with E-state index in [9.17, 15) is 4.79 Å². The maximum atomic E-state index is 13.0. The highest BCUT2D eigenvalue weighted by Crippen LogP contribution is 2.24. The lowest BCUT2D eigenvalue weighted by molar-refractivity contribution is 0.102. The zero-order valence-corrected chi connectivity index (χ0v) is 20.9. The van der Waals surface area contributed by atoms with Gasteiger partial charge in [-0.05, 0) is 72.8 Å². The first-order chi connectivity index (χ1) is 16.9. The van der Waals surface area contributed by atoms with Crippen molar-refractivity contribution in [2.24, 2.45) is 0 Å². The number of ether oxygens (including phenoxy) is 1. The maximum absolute atomic E-state index is 13.0. The fourth-order valence-corrected chi connectivity index (χ4v) is 4.09. The number of nitrogens with zero attached hydrogens (tertiary/aromatic N) is 3. The topological polar surface area (TPSA) is 79.4 Å². The third kappa shape index (κ3) is 7.02. The molecule has 7 heteroatoms. The van der Waals surface area contributed by atoms with E-state index in [1.807, 2.05) is 36.4 Å². The maximum Gasteiger partial charge on any atom is 0.259 e. The molecule has 1 aromatic carbocycles. The second-order valence-electron chi connectivity index (χ2n) is 9.93. The highest BCUT2D eigenvalue weighted by atomic mass is 16.5. The van der Waals surface area contributed by atoms with Gasteiger partial charge in [0, 0.05) is 37.2 Å². The van der Waals surface area contributed by atoms with Crippen LogP contribution in [0.25, 0.3) is 0 Å². The van der Waals surface area contributed by atoms with Crippen LogP contribution in [-0.4, -0.2) is 47.0 Å². The summed E-state index contributed by atoms with van der Waals surface area (Å²) in [5, 5.41) is 6.27. The number of aromatic nitrogens is 2. The van der Waals surface area contributed by atoms with Gasteiger partial charge in [-0.15, -0.1) is 0 Å². The van der Waals surface area contributed by atoms with Crippen LogP contribution in [0.4, 0.5) is 11.5 Å². The van der Waals surface area contributed by atoms with Gasteiger partial charge < -0.3 is 15.4 Å². The Hall–Kier alpha value is -3.45. The summed E-state index contributed by atoms with van der Waals surface area (Å²) < 4.78 is 5.86. The number of pyridine rings is 2. The number of amides is 1. The molecule has 0 saturated carbocycles. The standard InChI is InChI=1S/C28H35N5O2/c1-28(2,3)22-8-10-23(11-9-22)32-27(34)24-7-6-13-30-26(24)31-20-21-12-14-29-25(19-21)35-18-17-33-15-4-5-16-33/h6-14,19H,4-5,15-18,20H2,1-3H3,(H,30,31)(H,32,34). The van der Waals surface area contributed by atoms with Crippen molar-refractivity contribution in [3.8, 4) is 5.88 Å². The van der Waals surface area contributed by atoms with Crippen molar-refractivity contribution < 1.29 is 9.53 Å². The Morgan fingerprint density at radius 1 is 1.03 bits per heavy atom. The molecule has 4 rings (SSSR count). The molecule has 0 aliphatic carbocycles. The summed E-state index contributed by atoms with van der Waals surface area (Å²) in [6.07, 6.45) is 5.97. The fourth-order valence-electron chi connectivity index (χ4n) is 4.09. The number of benzene rings is 1. The molecule has 1 aliphatic rings. The molecule has 7 nitrogen and oxygen atoms in total.